The van der Waals surface area contributed by atoms with Crippen molar-refractivity contribution in [3.63, 3.8) is 0 Å². The Morgan fingerprint density at radius 2 is 1.96 bits per heavy atom. The van der Waals surface area contributed by atoms with E-state index < -0.39 is 0 Å². The van der Waals surface area contributed by atoms with Gasteiger partial charge in [0.1, 0.15) is 6.33 Å². The molecule has 23 heavy (non-hydrogen) atoms. The highest BCUT2D eigenvalue weighted by molar-refractivity contribution is 7.99. The number of hydrogen-bond acceptors (Lipinski definition) is 4. The van der Waals surface area contributed by atoms with Gasteiger partial charge in [0.2, 0.25) is 0 Å². The molecule has 0 spiro atoms. The number of carbonyl (C=O) groups excluding carboxylic acids is 1. The predicted octanol–water partition coefficient (Wildman–Crippen LogP) is 3.50. The summed E-state index contributed by atoms with van der Waals surface area (Å²) in [5, 5.41) is 7.19. The summed E-state index contributed by atoms with van der Waals surface area (Å²) in [6, 6.07) is 10.3. The third-order valence-electron chi connectivity index (χ3n) is 3.76. The van der Waals surface area contributed by atoms with Crippen LogP contribution < -0.4 is 0 Å². The largest absolute Gasteiger partial charge is 0.318 e. The highest BCUT2D eigenvalue weighted by Gasteiger charge is 2.17. The van der Waals surface area contributed by atoms with E-state index in [4.69, 9.17) is 0 Å². The Morgan fingerprint density at radius 1 is 1.22 bits per heavy atom. The number of nitrogens with zero attached hydrogens (tertiary/aromatic N) is 3. The SMILES string of the molecule is Cc1ccc(-n2c(C)cc(C(=O)CSc3ncn[nH]3)c2C)cc1. The molecule has 5 nitrogen and oxygen atoms in total. The molecule has 6 heteroatoms. The van der Waals surface area contributed by atoms with E-state index in [2.05, 4.69) is 50.9 Å². The minimum Gasteiger partial charge on any atom is -0.318 e. The topological polar surface area (TPSA) is 63.6 Å². The number of carbonyl (C=O) groups is 1. The van der Waals surface area contributed by atoms with Gasteiger partial charge in [-0.2, -0.15) is 5.10 Å². The summed E-state index contributed by atoms with van der Waals surface area (Å²) in [7, 11) is 0. The molecule has 0 saturated carbocycles. The zero-order valence-corrected chi connectivity index (χ0v) is 14.1. The molecule has 1 aromatic carbocycles. The molecular weight excluding hydrogens is 308 g/mol. The number of rotatable bonds is 5. The normalized spacial score (nSPS) is 10.9. The highest BCUT2D eigenvalue weighted by Crippen LogP contribution is 2.23. The minimum atomic E-state index is 0.0952. The van der Waals surface area contributed by atoms with Gasteiger partial charge in [0.05, 0.1) is 5.75 Å². The average Bonchev–Trinajstić information content (AvgIpc) is 3.14. The number of aryl methyl sites for hydroxylation is 2. The lowest BCUT2D eigenvalue weighted by Gasteiger charge is -2.10. The maximum Gasteiger partial charge on any atom is 0.183 e. The first-order valence-corrected chi connectivity index (χ1v) is 8.32. The standard InChI is InChI=1S/C17H18N4OS/c1-11-4-6-14(7-5-11)21-12(2)8-15(13(21)3)16(22)9-23-17-18-10-19-20-17/h4-8,10H,9H2,1-3H3,(H,18,19,20). The Kier molecular flexibility index (Phi) is 4.34. The summed E-state index contributed by atoms with van der Waals surface area (Å²) in [4.78, 5) is 16.5. The second kappa shape index (κ2) is 6.42. The van der Waals surface area contributed by atoms with Crippen molar-refractivity contribution in [2.24, 2.45) is 0 Å². The second-order valence-corrected chi connectivity index (χ2v) is 6.42. The van der Waals surface area contributed by atoms with Crippen LogP contribution in [0.1, 0.15) is 27.3 Å². The first-order chi connectivity index (χ1) is 11.1. The van der Waals surface area contributed by atoms with Gasteiger partial charge in [-0.15, -0.1) is 0 Å². The zero-order chi connectivity index (χ0) is 16.4. The number of hydrogen-bond donors (Lipinski definition) is 1. The highest BCUT2D eigenvalue weighted by atomic mass is 32.2. The summed E-state index contributed by atoms with van der Waals surface area (Å²) in [6.07, 6.45) is 1.44. The van der Waals surface area contributed by atoms with E-state index in [1.54, 1.807) is 0 Å². The Hall–Kier alpha value is -2.34. The summed E-state index contributed by atoms with van der Waals surface area (Å²) in [5.41, 5.74) is 5.08. The van der Waals surface area contributed by atoms with E-state index in [-0.39, 0.29) is 5.78 Å². The molecule has 0 atom stereocenters. The molecule has 0 aliphatic heterocycles. The van der Waals surface area contributed by atoms with Crippen LogP contribution in [0.5, 0.6) is 0 Å². The van der Waals surface area contributed by atoms with Crippen LogP contribution in [0.2, 0.25) is 0 Å². The molecule has 0 amide bonds. The van der Waals surface area contributed by atoms with Crippen LogP contribution >= 0.6 is 11.8 Å². The van der Waals surface area contributed by atoms with Crippen LogP contribution in [0.15, 0.2) is 41.8 Å². The van der Waals surface area contributed by atoms with Gasteiger partial charge in [-0.3, -0.25) is 9.89 Å². The predicted molar refractivity (Wildman–Crippen MR) is 91.4 cm³/mol. The molecule has 2 heterocycles. The lowest BCUT2D eigenvalue weighted by atomic mass is 10.2. The number of Topliss-reactive ketones (excluding diaryl/α,β-unsaturated/α-hetero) is 1. The summed E-state index contributed by atoms with van der Waals surface area (Å²) < 4.78 is 2.12. The van der Waals surface area contributed by atoms with Gasteiger partial charge >= 0.3 is 0 Å². The number of aromatic amines is 1. The Balaban J connectivity index is 1.85. The lowest BCUT2D eigenvalue weighted by molar-refractivity contribution is 0.102. The van der Waals surface area contributed by atoms with E-state index in [0.29, 0.717) is 10.9 Å². The number of benzene rings is 1. The third kappa shape index (κ3) is 3.22. The van der Waals surface area contributed by atoms with Crippen molar-refractivity contribution in [2.75, 3.05) is 5.75 Å². The average molecular weight is 326 g/mol. The van der Waals surface area contributed by atoms with E-state index in [0.717, 1.165) is 22.6 Å². The monoisotopic (exact) mass is 326 g/mol. The molecule has 2 aromatic heterocycles. The summed E-state index contributed by atoms with van der Waals surface area (Å²) in [6.45, 7) is 6.07. The molecule has 0 aliphatic rings. The molecule has 3 aromatic rings. The van der Waals surface area contributed by atoms with Gasteiger partial charge in [0.15, 0.2) is 10.9 Å². The summed E-state index contributed by atoms with van der Waals surface area (Å²) in [5.74, 6) is 0.436. The van der Waals surface area contributed by atoms with Crippen molar-refractivity contribution >= 4 is 17.5 Å². The quantitative estimate of drug-likeness (QED) is 0.576. The zero-order valence-electron chi connectivity index (χ0n) is 13.3. The van der Waals surface area contributed by atoms with Crippen molar-refractivity contribution in [1.82, 2.24) is 19.7 Å². The number of thioether (sulfide) groups is 1. The number of H-pyrrole nitrogens is 1. The first kappa shape index (κ1) is 15.6. The van der Waals surface area contributed by atoms with E-state index in [1.807, 2.05) is 19.9 Å². The molecule has 0 saturated heterocycles. The van der Waals surface area contributed by atoms with Crippen LogP contribution in [0.3, 0.4) is 0 Å². The smallest absolute Gasteiger partial charge is 0.183 e. The second-order valence-electron chi connectivity index (χ2n) is 5.46. The molecule has 0 aliphatic carbocycles. The molecule has 0 fully saturated rings. The maximum absolute atomic E-state index is 12.5. The van der Waals surface area contributed by atoms with E-state index in [1.165, 1.54) is 23.7 Å². The van der Waals surface area contributed by atoms with Crippen LogP contribution in [-0.4, -0.2) is 31.3 Å². The summed E-state index contributed by atoms with van der Waals surface area (Å²) >= 11 is 1.36. The molecule has 0 unspecified atom stereocenters. The number of aromatic nitrogens is 4. The Labute approximate surface area is 139 Å². The van der Waals surface area contributed by atoms with Crippen LogP contribution in [0.4, 0.5) is 0 Å². The van der Waals surface area contributed by atoms with Crippen molar-refractivity contribution in [2.45, 2.75) is 25.9 Å². The van der Waals surface area contributed by atoms with Gasteiger partial charge in [0, 0.05) is 22.6 Å². The molecular formula is C17H18N4OS. The molecule has 0 radical (unpaired) electrons. The number of ketones is 1. The van der Waals surface area contributed by atoms with Crippen LogP contribution in [0, 0.1) is 20.8 Å². The van der Waals surface area contributed by atoms with Crippen molar-refractivity contribution in [3.05, 3.63) is 59.2 Å². The molecule has 118 valence electrons. The minimum absolute atomic E-state index is 0.0952. The Bertz CT molecular complexity index is 819. The van der Waals surface area contributed by atoms with Gasteiger partial charge in [-0.25, -0.2) is 4.98 Å². The van der Waals surface area contributed by atoms with Gasteiger partial charge in [-0.1, -0.05) is 29.5 Å². The lowest BCUT2D eigenvalue weighted by Crippen LogP contribution is -2.05. The van der Waals surface area contributed by atoms with Crippen molar-refractivity contribution in [1.29, 1.82) is 0 Å². The van der Waals surface area contributed by atoms with Gasteiger partial charge < -0.3 is 4.57 Å². The maximum atomic E-state index is 12.5. The van der Waals surface area contributed by atoms with Gasteiger partial charge in [0.25, 0.3) is 0 Å². The van der Waals surface area contributed by atoms with E-state index in [9.17, 15) is 4.79 Å². The fourth-order valence-electron chi connectivity index (χ4n) is 2.61. The third-order valence-corrected chi connectivity index (χ3v) is 4.63. The van der Waals surface area contributed by atoms with Crippen LogP contribution in [0.25, 0.3) is 5.69 Å². The molecule has 0 bridgehead atoms. The van der Waals surface area contributed by atoms with Crippen LogP contribution in [-0.2, 0) is 0 Å². The number of nitrogens with one attached hydrogen (secondary N) is 1. The van der Waals surface area contributed by atoms with Gasteiger partial charge in [-0.05, 0) is 39.0 Å². The van der Waals surface area contributed by atoms with Crippen molar-refractivity contribution in [3.8, 4) is 5.69 Å². The fourth-order valence-corrected chi connectivity index (χ4v) is 3.27. The molecule has 3 rings (SSSR count). The fraction of sp³-hybridized carbons (Fsp3) is 0.235. The Morgan fingerprint density at radius 3 is 2.61 bits per heavy atom. The first-order valence-electron chi connectivity index (χ1n) is 7.33. The van der Waals surface area contributed by atoms with Crippen molar-refractivity contribution < 1.29 is 4.79 Å². The molecule has 1 N–H and O–H groups in total. The van der Waals surface area contributed by atoms with E-state index >= 15 is 0 Å².